The zero-order valence-corrected chi connectivity index (χ0v) is 14.8. The summed E-state index contributed by atoms with van der Waals surface area (Å²) in [6, 6.07) is -0.888. The van der Waals surface area contributed by atoms with Gasteiger partial charge in [-0.25, -0.2) is 14.7 Å². The second-order valence-corrected chi connectivity index (χ2v) is 7.76. The Morgan fingerprint density at radius 2 is 1.88 bits per heavy atom. The Labute approximate surface area is 143 Å². The van der Waals surface area contributed by atoms with Gasteiger partial charge in [0.15, 0.2) is 0 Å². The highest BCUT2D eigenvalue weighted by Crippen LogP contribution is 2.25. The van der Waals surface area contributed by atoms with Gasteiger partial charge in [0.25, 0.3) is 5.91 Å². The van der Waals surface area contributed by atoms with Crippen molar-refractivity contribution in [3.8, 4) is 0 Å². The smallest absolute Gasteiger partial charge is 0.411 e. The molecular weight excluding hydrogens is 315 g/mol. The molecule has 1 N–H and O–H groups in total. The van der Waals surface area contributed by atoms with E-state index in [0.29, 0.717) is 12.5 Å². The predicted molar refractivity (Wildman–Crippen MR) is 86.9 cm³/mol. The molecule has 1 aliphatic carbocycles. The number of carbonyl (C=O) groups excluding carboxylic acids is 2. The molecule has 2 rings (SSSR count). The van der Waals surface area contributed by atoms with Crippen LogP contribution >= 0.6 is 0 Å². The normalized spacial score (nSPS) is 25.6. The Balaban J connectivity index is 1.83. The number of hydrogen-bond donors (Lipinski definition) is 1. The van der Waals surface area contributed by atoms with E-state index in [1.165, 1.54) is 19.3 Å². The highest BCUT2D eigenvalue weighted by Gasteiger charge is 2.41. The molecule has 1 saturated heterocycles. The van der Waals surface area contributed by atoms with E-state index in [9.17, 15) is 14.0 Å². The number of hydroxylamine groups is 1. The van der Waals surface area contributed by atoms with Gasteiger partial charge in [0, 0.05) is 6.42 Å². The molecular formula is C17H29FN2O4. The number of alkyl halides is 1. The Morgan fingerprint density at radius 1 is 1.21 bits per heavy atom. The molecule has 2 fully saturated rings. The van der Waals surface area contributed by atoms with Gasteiger partial charge in [-0.3, -0.25) is 14.5 Å². The van der Waals surface area contributed by atoms with Crippen LogP contribution in [0.5, 0.6) is 0 Å². The number of halogens is 1. The van der Waals surface area contributed by atoms with Crippen LogP contribution < -0.4 is 5.48 Å². The Bertz CT molecular complexity index is 446. The third-order valence-corrected chi connectivity index (χ3v) is 4.40. The van der Waals surface area contributed by atoms with E-state index in [1.807, 2.05) is 0 Å². The predicted octanol–water partition coefficient (Wildman–Crippen LogP) is 2.96. The highest BCUT2D eigenvalue weighted by molar-refractivity contribution is 5.85. The largest absolute Gasteiger partial charge is 0.444 e. The fourth-order valence-corrected chi connectivity index (χ4v) is 3.21. The van der Waals surface area contributed by atoms with E-state index in [2.05, 4.69) is 5.48 Å². The fraction of sp³-hybridized carbons (Fsp3) is 0.882. The second kappa shape index (κ2) is 8.14. The molecule has 1 heterocycles. The number of nitrogens with one attached hydrogen (secondary N) is 1. The topological polar surface area (TPSA) is 67.9 Å². The molecule has 138 valence electrons. The van der Waals surface area contributed by atoms with Crippen molar-refractivity contribution in [1.29, 1.82) is 0 Å². The molecule has 1 saturated carbocycles. The van der Waals surface area contributed by atoms with Crippen LogP contribution in [0.15, 0.2) is 0 Å². The molecule has 24 heavy (non-hydrogen) atoms. The molecule has 1 aliphatic heterocycles. The average Bonchev–Trinajstić information content (AvgIpc) is 2.89. The van der Waals surface area contributed by atoms with E-state index >= 15 is 0 Å². The van der Waals surface area contributed by atoms with Gasteiger partial charge in [-0.1, -0.05) is 19.3 Å². The van der Waals surface area contributed by atoms with Gasteiger partial charge in [-0.05, 0) is 39.5 Å². The lowest BCUT2D eigenvalue weighted by Crippen LogP contribution is -2.47. The first kappa shape index (κ1) is 19.0. The quantitative estimate of drug-likeness (QED) is 0.796. The van der Waals surface area contributed by atoms with E-state index in [4.69, 9.17) is 9.57 Å². The number of ether oxygens (including phenoxy) is 1. The molecule has 0 unspecified atom stereocenters. The summed E-state index contributed by atoms with van der Waals surface area (Å²) in [6.07, 6.45) is 3.93. The molecule has 0 aromatic rings. The number of amides is 2. The van der Waals surface area contributed by atoms with Crippen LogP contribution in [0.1, 0.15) is 59.3 Å². The Hall–Kier alpha value is -1.37. The van der Waals surface area contributed by atoms with Crippen LogP contribution in [0, 0.1) is 5.92 Å². The van der Waals surface area contributed by atoms with Gasteiger partial charge >= 0.3 is 6.09 Å². The van der Waals surface area contributed by atoms with E-state index < -0.39 is 29.8 Å². The first-order valence-corrected chi connectivity index (χ1v) is 8.81. The summed E-state index contributed by atoms with van der Waals surface area (Å²) in [5.74, 6) is -0.0321. The van der Waals surface area contributed by atoms with E-state index in [0.717, 1.165) is 17.7 Å². The van der Waals surface area contributed by atoms with Crippen LogP contribution in [0.25, 0.3) is 0 Å². The van der Waals surface area contributed by atoms with Gasteiger partial charge in [-0.2, -0.15) is 0 Å². The van der Waals surface area contributed by atoms with Crippen molar-refractivity contribution >= 4 is 12.0 Å². The summed E-state index contributed by atoms with van der Waals surface area (Å²) in [5.41, 5.74) is 1.69. The second-order valence-electron chi connectivity index (χ2n) is 7.76. The van der Waals surface area contributed by atoms with Crippen molar-refractivity contribution in [2.75, 3.05) is 13.2 Å². The number of hydrogen-bond acceptors (Lipinski definition) is 4. The van der Waals surface area contributed by atoms with Crippen molar-refractivity contribution < 1.29 is 23.6 Å². The minimum atomic E-state index is -1.23. The summed E-state index contributed by atoms with van der Waals surface area (Å²) in [6.45, 7) is 5.53. The minimum Gasteiger partial charge on any atom is -0.444 e. The van der Waals surface area contributed by atoms with Crippen LogP contribution in [0.3, 0.4) is 0 Å². The zero-order chi connectivity index (χ0) is 17.7. The summed E-state index contributed by atoms with van der Waals surface area (Å²) in [7, 11) is 0. The molecule has 0 radical (unpaired) electrons. The van der Waals surface area contributed by atoms with E-state index in [-0.39, 0.29) is 13.0 Å². The summed E-state index contributed by atoms with van der Waals surface area (Å²) >= 11 is 0. The number of likely N-dealkylation sites (tertiary alicyclic amines) is 1. The molecule has 2 atom stereocenters. The van der Waals surface area contributed by atoms with Crippen LogP contribution in [0.2, 0.25) is 0 Å². The first-order valence-electron chi connectivity index (χ1n) is 8.81. The van der Waals surface area contributed by atoms with Gasteiger partial charge in [-0.15, -0.1) is 0 Å². The maximum Gasteiger partial charge on any atom is 0.411 e. The Morgan fingerprint density at radius 3 is 2.50 bits per heavy atom. The third kappa shape index (κ3) is 5.61. The standard InChI is InChI=1S/C17H29FN2O4/c1-17(2,3)24-16(22)20-10-13(18)9-14(20)15(21)19-23-11-12-7-5-4-6-8-12/h12-14H,4-11H2,1-3H3,(H,19,21)/t13-,14-/m0/s1. The lowest BCUT2D eigenvalue weighted by atomic mass is 9.90. The molecule has 7 heteroatoms. The number of nitrogens with zero attached hydrogens (tertiary/aromatic N) is 1. The molecule has 6 nitrogen and oxygen atoms in total. The van der Waals surface area contributed by atoms with Gasteiger partial charge < -0.3 is 4.74 Å². The molecule has 2 amide bonds. The average molecular weight is 344 g/mol. The van der Waals surface area contributed by atoms with Crippen molar-refractivity contribution in [3.63, 3.8) is 0 Å². The first-order chi connectivity index (χ1) is 11.3. The molecule has 0 aromatic carbocycles. The van der Waals surface area contributed by atoms with Crippen molar-refractivity contribution in [1.82, 2.24) is 10.4 Å². The number of rotatable bonds is 4. The van der Waals surface area contributed by atoms with E-state index in [1.54, 1.807) is 20.8 Å². The highest BCUT2D eigenvalue weighted by atomic mass is 19.1. The van der Waals surface area contributed by atoms with Gasteiger partial charge in [0.05, 0.1) is 13.2 Å². The maximum absolute atomic E-state index is 13.7. The van der Waals surface area contributed by atoms with Crippen molar-refractivity contribution in [2.45, 2.75) is 77.1 Å². The van der Waals surface area contributed by atoms with Crippen molar-refractivity contribution in [2.24, 2.45) is 5.92 Å². The summed E-state index contributed by atoms with van der Waals surface area (Å²) in [5, 5.41) is 0. The van der Waals surface area contributed by atoms with Crippen LogP contribution in [-0.4, -0.2) is 47.9 Å². The molecule has 0 spiro atoms. The molecule has 0 bridgehead atoms. The minimum absolute atomic E-state index is 0.0299. The summed E-state index contributed by atoms with van der Waals surface area (Å²) in [4.78, 5) is 30.9. The molecule has 0 aromatic heterocycles. The lowest BCUT2D eigenvalue weighted by molar-refractivity contribution is -0.139. The monoisotopic (exact) mass is 344 g/mol. The molecule has 2 aliphatic rings. The zero-order valence-electron chi connectivity index (χ0n) is 14.8. The van der Waals surface area contributed by atoms with Crippen LogP contribution in [0.4, 0.5) is 9.18 Å². The fourth-order valence-electron chi connectivity index (χ4n) is 3.21. The Kier molecular flexibility index (Phi) is 6.43. The number of carbonyl (C=O) groups is 2. The maximum atomic E-state index is 13.7. The van der Waals surface area contributed by atoms with Gasteiger partial charge in [0.1, 0.15) is 17.8 Å². The lowest BCUT2D eigenvalue weighted by Gasteiger charge is -2.28. The third-order valence-electron chi connectivity index (χ3n) is 4.40. The van der Waals surface area contributed by atoms with Gasteiger partial charge in [0.2, 0.25) is 0 Å². The van der Waals surface area contributed by atoms with Crippen molar-refractivity contribution in [3.05, 3.63) is 0 Å². The SMILES string of the molecule is CC(C)(C)OC(=O)N1C[C@@H](F)C[C@H]1C(=O)NOCC1CCCCC1. The summed E-state index contributed by atoms with van der Waals surface area (Å²) < 4.78 is 19.0. The van der Waals surface area contributed by atoms with Crippen LogP contribution in [-0.2, 0) is 14.4 Å².